The number of methoxy groups -OCH3 is 2. The van der Waals surface area contributed by atoms with Crippen molar-refractivity contribution in [1.29, 1.82) is 5.26 Å². The predicted octanol–water partition coefficient (Wildman–Crippen LogP) is 8.47. The SMILES string of the molecule is COc1ccc(C(OCC2OC(n3ccc(NC(=O)c4ccccc4)nc3=O)CC2OP(OCCC#N)N(C(C)C)C(C)C)(c2ccccc2)c2ccc(OC)cc2)cc1. The zero-order chi connectivity index (χ0) is 42.6. The molecule has 1 aliphatic heterocycles. The molecule has 14 heteroatoms. The average molecular weight is 834 g/mol. The molecule has 0 spiro atoms. The number of hydrogen-bond donors (Lipinski definition) is 1. The lowest BCUT2D eigenvalue weighted by molar-refractivity contribution is -0.0925. The maximum absolute atomic E-state index is 13.7. The van der Waals surface area contributed by atoms with Crippen LogP contribution < -0.4 is 20.5 Å². The van der Waals surface area contributed by atoms with Crippen molar-refractivity contribution in [2.75, 3.05) is 32.8 Å². The number of aromatic nitrogens is 2. The highest BCUT2D eigenvalue weighted by atomic mass is 31.2. The van der Waals surface area contributed by atoms with Gasteiger partial charge < -0.3 is 33.3 Å². The first-order chi connectivity index (χ1) is 29.1. The summed E-state index contributed by atoms with van der Waals surface area (Å²) in [5.74, 6) is 1.12. The van der Waals surface area contributed by atoms with Crippen molar-refractivity contribution in [2.45, 2.75) is 76.7 Å². The van der Waals surface area contributed by atoms with E-state index in [0.717, 1.165) is 16.7 Å². The molecule has 60 heavy (non-hydrogen) atoms. The molecule has 1 N–H and O–H groups in total. The smallest absolute Gasteiger partial charge is 0.351 e. The summed E-state index contributed by atoms with van der Waals surface area (Å²) in [5.41, 5.74) is 1.22. The van der Waals surface area contributed by atoms with Gasteiger partial charge in [-0.25, -0.2) is 9.46 Å². The summed E-state index contributed by atoms with van der Waals surface area (Å²) < 4.78 is 41.9. The van der Waals surface area contributed by atoms with Crippen molar-refractivity contribution in [1.82, 2.24) is 14.2 Å². The van der Waals surface area contributed by atoms with Crippen LogP contribution in [0.25, 0.3) is 0 Å². The fourth-order valence-electron chi connectivity index (χ4n) is 7.30. The van der Waals surface area contributed by atoms with Gasteiger partial charge in [0.1, 0.15) is 35.2 Å². The molecule has 13 nitrogen and oxygen atoms in total. The minimum absolute atomic E-state index is 0.0201. The number of rotatable bonds is 19. The Hall–Kier alpha value is -5.45. The second-order valence-electron chi connectivity index (χ2n) is 14.7. The van der Waals surface area contributed by atoms with Crippen molar-refractivity contribution in [3.8, 4) is 17.6 Å². The number of hydrogen-bond acceptors (Lipinski definition) is 11. The summed E-state index contributed by atoms with van der Waals surface area (Å²) in [4.78, 5) is 30.7. The normalized spacial score (nSPS) is 17.1. The first kappa shape index (κ1) is 44.1. The fourth-order valence-corrected chi connectivity index (χ4v) is 9.06. The number of anilines is 1. The Morgan fingerprint density at radius 1 is 0.883 bits per heavy atom. The molecule has 5 aromatic rings. The summed E-state index contributed by atoms with van der Waals surface area (Å²) >= 11 is 0. The molecule has 0 bridgehead atoms. The monoisotopic (exact) mass is 833 g/mol. The van der Waals surface area contributed by atoms with Crippen LogP contribution in [0, 0.1) is 11.3 Å². The Balaban J connectivity index is 1.39. The van der Waals surface area contributed by atoms with Gasteiger partial charge in [-0.3, -0.25) is 9.36 Å². The third-order valence-electron chi connectivity index (χ3n) is 10.1. The van der Waals surface area contributed by atoms with Gasteiger partial charge in [0.15, 0.2) is 0 Å². The number of nitrogens with one attached hydrogen (secondary N) is 1. The number of nitrogens with zero attached hydrogens (tertiary/aromatic N) is 4. The lowest BCUT2D eigenvalue weighted by Crippen LogP contribution is -2.39. The maximum atomic E-state index is 13.7. The Morgan fingerprint density at radius 3 is 1.98 bits per heavy atom. The van der Waals surface area contributed by atoms with Crippen molar-refractivity contribution < 1.29 is 32.8 Å². The van der Waals surface area contributed by atoms with E-state index >= 15 is 0 Å². The zero-order valence-corrected chi connectivity index (χ0v) is 35.7. The van der Waals surface area contributed by atoms with Gasteiger partial charge in [-0.05, 0) is 86.8 Å². The minimum Gasteiger partial charge on any atom is -0.497 e. The molecular weight excluding hydrogens is 782 g/mol. The molecule has 4 atom stereocenters. The van der Waals surface area contributed by atoms with Gasteiger partial charge in [-0.15, -0.1) is 0 Å². The van der Waals surface area contributed by atoms with Crippen LogP contribution in [0.2, 0.25) is 0 Å². The van der Waals surface area contributed by atoms with Crippen LogP contribution in [-0.4, -0.2) is 71.9 Å². The van der Waals surface area contributed by atoms with E-state index < -0.39 is 38.3 Å². The molecule has 2 heterocycles. The number of carbonyl (C=O) groups excluding carboxylic acids is 1. The third-order valence-corrected chi connectivity index (χ3v) is 12.3. The first-order valence-electron chi connectivity index (χ1n) is 19.9. The number of amides is 1. The van der Waals surface area contributed by atoms with Crippen LogP contribution in [-0.2, 0) is 24.1 Å². The van der Waals surface area contributed by atoms with Gasteiger partial charge in [0.05, 0.1) is 46.0 Å². The van der Waals surface area contributed by atoms with E-state index in [9.17, 15) is 14.9 Å². The van der Waals surface area contributed by atoms with Crippen molar-refractivity contribution in [3.63, 3.8) is 0 Å². The molecule has 0 radical (unpaired) electrons. The molecule has 1 aromatic heterocycles. The summed E-state index contributed by atoms with van der Waals surface area (Å²) in [7, 11) is 1.55. The van der Waals surface area contributed by atoms with Crippen LogP contribution >= 0.6 is 8.53 Å². The molecule has 1 aliphatic rings. The lowest BCUT2D eigenvalue weighted by atomic mass is 9.80. The molecule has 0 saturated carbocycles. The molecule has 314 valence electrons. The first-order valence-corrected chi connectivity index (χ1v) is 21.1. The Bertz CT molecular complexity index is 2180. The molecular formula is C46H52N5O8P. The summed E-state index contributed by atoms with van der Waals surface area (Å²) in [6.45, 7) is 8.49. The average Bonchev–Trinajstić information content (AvgIpc) is 3.66. The Labute approximate surface area is 352 Å². The third kappa shape index (κ3) is 10.3. The van der Waals surface area contributed by atoms with Crippen molar-refractivity contribution in [2.24, 2.45) is 0 Å². The molecule has 4 aromatic carbocycles. The van der Waals surface area contributed by atoms with Gasteiger partial charge in [0.2, 0.25) is 0 Å². The molecule has 6 rings (SSSR count). The van der Waals surface area contributed by atoms with E-state index in [1.54, 1.807) is 50.7 Å². The number of nitriles is 1. The largest absolute Gasteiger partial charge is 0.497 e. The number of ether oxygens (including phenoxy) is 4. The maximum Gasteiger partial charge on any atom is 0.351 e. The fraction of sp³-hybridized carbons (Fsp3) is 0.348. The molecule has 1 saturated heterocycles. The molecule has 1 fully saturated rings. The highest BCUT2D eigenvalue weighted by Crippen LogP contribution is 2.50. The highest BCUT2D eigenvalue weighted by molar-refractivity contribution is 7.44. The predicted molar refractivity (Wildman–Crippen MR) is 230 cm³/mol. The lowest BCUT2D eigenvalue weighted by Gasteiger charge is -2.39. The minimum atomic E-state index is -1.70. The van der Waals surface area contributed by atoms with E-state index in [4.69, 9.17) is 28.0 Å². The van der Waals surface area contributed by atoms with E-state index in [2.05, 4.69) is 48.7 Å². The van der Waals surface area contributed by atoms with Crippen LogP contribution in [0.15, 0.2) is 126 Å². The van der Waals surface area contributed by atoms with Gasteiger partial charge in [0.25, 0.3) is 14.4 Å². The standard InChI is InChI=1S/C46H52N5O8P/c1-32(2)51(33(3)4)60(57-29-13-27-47)59-40-30-43(50-28-26-42(49-45(50)53)48-44(52)34-14-9-7-10-15-34)58-41(40)31-56-46(35-16-11-8-12-17-35,36-18-22-38(54-5)23-19-36)37-20-24-39(55-6)25-21-37/h7-12,14-26,28,32-33,40-41,43H,13,29-31H2,1-6H3,(H,48,49,52,53). The summed E-state index contributed by atoms with van der Waals surface area (Å²) in [6, 6.07) is 38.0. The zero-order valence-electron chi connectivity index (χ0n) is 34.8. The van der Waals surface area contributed by atoms with Crippen molar-refractivity contribution in [3.05, 3.63) is 154 Å². The summed E-state index contributed by atoms with van der Waals surface area (Å²) in [5, 5.41) is 12.1. The van der Waals surface area contributed by atoms with Crippen LogP contribution in [0.1, 0.15) is 73.8 Å². The van der Waals surface area contributed by atoms with E-state index in [0.29, 0.717) is 17.1 Å². The number of carbonyl (C=O) groups is 1. The second-order valence-corrected chi connectivity index (χ2v) is 16.1. The van der Waals surface area contributed by atoms with Crippen LogP contribution in [0.4, 0.5) is 5.82 Å². The molecule has 4 unspecified atom stereocenters. The van der Waals surface area contributed by atoms with E-state index in [1.165, 1.54) is 4.57 Å². The van der Waals surface area contributed by atoms with E-state index in [-0.39, 0.29) is 49.9 Å². The second kappa shape index (κ2) is 20.7. The van der Waals surface area contributed by atoms with Crippen LogP contribution in [0.3, 0.4) is 0 Å². The van der Waals surface area contributed by atoms with Crippen LogP contribution in [0.5, 0.6) is 11.5 Å². The van der Waals surface area contributed by atoms with Gasteiger partial charge in [-0.1, -0.05) is 72.8 Å². The highest BCUT2D eigenvalue weighted by Gasteiger charge is 2.45. The quantitative estimate of drug-likeness (QED) is 0.0486. The van der Waals surface area contributed by atoms with Gasteiger partial charge >= 0.3 is 5.69 Å². The van der Waals surface area contributed by atoms with Crippen molar-refractivity contribution >= 4 is 20.3 Å². The van der Waals surface area contributed by atoms with E-state index in [1.807, 2.05) is 84.9 Å². The van der Waals surface area contributed by atoms with Gasteiger partial charge in [0, 0.05) is 30.3 Å². The molecule has 0 aliphatic carbocycles. The van der Waals surface area contributed by atoms with Gasteiger partial charge in [-0.2, -0.15) is 10.2 Å². The Kier molecular flexibility index (Phi) is 15.2. The summed E-state index contributed by atoms with van der Waals surface area (Å²) in [6.07, 6.45) is -0.153. The number of benzene rings is 4. The topological polar surface area (TPSA) is 146 Å². The molecule has 1 amide bonds. The Morgan fingerprint density at radius 2 is 1.45 bits per heavy atom.